The second-order valence-corrected chi connectivity index (χ2v) is 7.75. The van der Waals surface area contributed by atoms with Crippen molar-refractivity contribution in [2.24, 2.45) is 11.7 Å². The molecule has 176 valence electrons. The molecule has 32 heavy (non-hydrogen) atoms. The van der Waals surface area contributed by atoms with Gasteiger partial charge in [-0.25, -0.2) is 4.79 Å². The fraction of sp³-hybridized carbons (Fsp3) is 0.476. The smallest absolute Gasteiger partial charge is 0.326 e. The van der Waals surface area contributed by atoms with Crippen LogP contribution in [0, 0.1) is 5.92 Å². The maximum absolute atomic E-state index is 12.5. The van der Waals surface area contributed by atoms with E-state index in [1.165, 1.54) is 6.92 Å². The summed E-state index contributed by atoms with van der Waals surface area (Å²) in [6.07, 6.45) is -0.549. The molecule has 0 saturated carbocycles. The van der Waals surface area contributed by atoms with Crippen LogP contribution in [0.2, 0.25) is 0 Å². The lowest BCUT2D eigenvalue weighted by atomic mass is 10.0. The van der Waals surface area contributed by atoms with Gasteiger partial charge in [-0.3, -0.25) is 19.2 Å². The number of carbonyl (C=O) groups excluding carboxylic acids is 3. The summed E-state index contributed by atoms with van der Waals surface area (Å²) in [6, 6.07) is 4.08. The molecule has 7 N–H and O–H groups in total. The zero-order chi connectivity index (χ0) is 24.4. The van der Waals surface area contributed by atoms with Gasteiger partial charge in [0.25, 0.3) is 0 Å². The van der Waals surface area contributed by atoms with E-state index in [1.807, 2.05) is 0 Å². The Kier molecular flexibility index (Phi) is 10.3. The fourth-order valence-electron chi connectivity index (χ4n) is 2.79. The van der Waals surface area contributed by atoms with E-state index in [1.54, 1.807) is 44.2 Å². The molecule has 0 spiro atoms. The molecule has 11 heteroatoms. The molecule has 1 aromatic carbocycles. The lowest BCUT2D eigenvalue weighted by Gasteiger charge is -2.23. The van der Waals surface area contributed by atoms with Gasteiger partial charge < -0.3 is 31.9 Å². The van der Waals surface area contributed by atoms with Crippen molar-refractivity contribution in [2.75, 3.05) is 0 Å². The second kappa shape index (κ2) is 12.4. The number of rotatable bonds is 12. The number of hydrogen-bond donors (Lipinski definition) is 6. The van der Waals surface area contributed by atoms with Gasteiger partial charge in [0.2, 0.25) is 17.7 Å². The van der Waals surface area contributed by atoms with Crippen molar-refractivity contribution >= 4 is 29.7 Å². The first-order chi connectivity index (χ1) is 14.9. The molecule has 0 radical (unpaired) electrons. The minimum absolute atomic E-state index is 0.179. The molecule has 0 bridgehead atoms. The standard InChI is InChI=1S/C21H30N4O7/c1-11(2)17(21(31)32)25-18(28)12(3)23-20(30)15(10-16(26)27)24-19(29)14(22)9-13-7-5-4-6-8-13/h4-8,11-12,14-15,17H,9-10,22H2,1-3H3,(H,23,30)(H,24,29)(H,25,28)(H,26,27)(H,31,32). The van der Waals surface area contributed by atoms with Crippen LogP contribution in [0.25, 0.3) is 0 Å². The van der Waals surface area contributed by atoms with Gasteiger partial charge in [-0.15, -0.1) is 0 Å². The highest BCUT2D eigenvalue weighted by Gasteiger charge is 2.30. The minimum Gasteiger partial charge on any atom is -0.481 e. The summed E-state index contributed by atoms with van der Waals surface area (Å²) in [4.78, 5) is 59.6. The number of carbonyl (C=O) groups is 5. The van der Waals surface area contributed by atoms with E-state index >= 15 is 0 Å². The third-order valence-electron chi connectivity index (χ3n) is 4.63. The molecular weight excluding hydrogens is 420 g/mol. The van der Waals surface area contributed by atoms with Crippen molar-refractivity contribution in [1.29, 1.82) is 0 Å². The predicted octanol–water partition coefficient (Wildman–Crippen LogP) is -0.754. The van der Waals surface area contributed by atoms with Gasteiger partial charge in [0.15, 0.2) is 0 Å². The van der Waals surface area contributed by atoms with Crippen molar-refractivity contribution in [3.8, 4) is 0 Å². The number of amides is 3. The van der Waals surface area contributed by atoms with E-state index in [0.29, 0.717) is 0 Å². The Bertz CT molecular complexity index is 829. The average Bonchev–Trinajstić information content (AvgIpc) is 2.70. The van der Waals surface area contributed by atoms with Crippen LogP contribution in [0.3, 0.4) is 0 Å². The Balaban J connectivity index is 2.78. The van der Waals surface area contributed by atoms with Gasteiger partial charge in [0, 0.05) is 0 Å². The van der Waals surface area contributed by atoms with Crippen molar-refractivity contribution < 1.29 is 34.2 Å². The quantitative estimate of drug-likeness (QED) is 0.240. The van der Waals surface area contributed by atoms with Gasteiger partial charge >= 0.3 is 11.9 Å². The summed E-state index contributed by atoms with van der Waals surface area (Å²) in [5.74, 6) is -5.37. The van der Waals surface area contributed by atoms with Gasteiger partial charge in [-0.2, -0.15) is 0 Å². The third kappa shape index (κ3) is 8.72. The van der Waals surface area contributed by atoms with Gasteiger partial charge in [0.05, 0.1) is 12.5 Å². The van der Waals surface area contributed by atoms with Gasteiger partial charge in [-0.1, -0.05) is 44.2 Å². The Labute approximate surface area is 185 Å². The highest BCUT2D eigenvalue weighted by Crippen LogP contribution is 2.04. The number of benzene rings is 1. The molecule has 0 aromatic heterocycles. The first-order valence-electron chi connectivity index (χ1n) is 10.1. The van der Waals surface area contributed by atoms with Gasteiger partial charge in [-0.05, 0) is 24.8 Å². The summed E-state index contributed by atoms with van der Waals surface area (Å²) >= 11 is 0. The van der Waals surface area contributed by atoms with Crippen molar-refractivity contribution in [1.82, 2.24) is 16.0 Å². The summed E-state index contributed by atoms with van der Waals surface area (Å²) in [5.41, 5.74) is 6.67. The molecule has 0 aliphatic carbocycles. The van der Waals surface area contributed by atoms with Crippen LogP contribution in [-0.2, 0) is 30.4 Å². The lowest BCUT2D eigenvalue weighted by Crippen LogP contribution is -2.57. The van der Waals surface area contributed by atoms with Crippen LogP contribution < -0.4 is 21.7 Å². The molecule has 3 amide bonds. The molecule has 0 aliphatic heterocycles. The molecule has 0 saturated heterocycles. The maximum Gasteiger partial charge on any atom is 0.326 e. The Morgan fingerprint density at radius 2 is 1.47 bits per heavy atom. The van der Waals surface area contributed by atoms with Crippen LogP contribution in [0.15, 0.2) is 30.3 Å². The van der Waals surface area contributed by atoms with E-state index in [0.717, 1.165) is 5.56 Å². The van der Waals surface area contributed by atoms with Crippen LogP contribution in [0.5, 0.6) is 0 Å². The molecular formula is C21H30N4O7. The number of hydrogen-bond acceptors (Lipinski definition) is 6. The Morgan fingerprint density at radius 1 is 0.875 bits per heavy atom. The van der Waals surface area contributed by atoms with E-state index in [2.05, 4.69) is 16.0 Å². The summed E-state index contributed by atoms with van der Waals surface area (Å²) in [5, 5.41) is 25.2. The average molecular weight is 450 g/mol. The van der Waals surface area contributed by atoms with E-state index < -0.39 is 66.2 Å². The van der Waals surface area contributed by atoms with Crippen LogP contribution >= 0.6 is 0 Å². The SMILES string of the molecule is CC(NC(=O)C(CC(=O)O)NC(=O)C(N)Cc1ccccc1)C(=O)NC(C(=O)O)C(C)C. The maximum atomic E-state index is 12.5. The molecule has 0 aliphatic rings. The molecule has 0 heterocycles. The van der Waals surface area contributed by atoms with Crippen molar-refractivity contribution in [3.05, 3.63) is 35.9 Å². The largest absolute Gasteiger partial charge is 0.481 e. The molecule has 4 unspecified atom stereocenters. The topological polar surface area (TPSA) is 188 Å². The number of aliphatic carboxylic acids is 2. The van der Waals surface area contributed by atoms with E-state index in [4.69, 9.17) is 10.8 Å². The van der Waals surface area contributed by atoms with Crippen molar-refractivity contribution in [2.45, 2.75) is 57.8 Å². The summed E-state index contributed by atoms with van der Waals surface area (Å²) < 4.78 is 0. The molecule has 1 aromatic rings. The first kappa shape index (κ1) is 26.6. The highest BCUT2D eigenvalue weighted by molar-refractivity contribution is 5.95. The molecule has 4 atom stereocenters. The Hall–Kier alpha value is -3.47. The number of nitrogens with one attached hydrogen (secondary N) is 3. The summed E-state index contributed by atoms with van der Waals surface area (Å²) in [6.45, 7) is 4.53. The minimum atomic E-state index is -1.47. The summed E-state index contributed by atoms with van der Waals surface area (Å²) in [7, 11) is 0. The number of carboxylic acid groups (broad SMARTS) is 2. The first-order valence-corrected chi connectivity index (χ1v) is 10.1. The third-order valence-corrected chi connectivity index (χ3v) is 4.63. The van der Waals surface area contributed by atoms with E-state index in [9.17, 15) is 29.1 Å². The number of carboxylic acids is 2. The normalized spacial score (nSPS) is 14.5. The van der Waals surface area contributed by atoms with Crippen LogP contribution in [-0.4, -0.2) is 64.0 Å². The highest BCUT2D eigenvalue weighted by atomic mass is 16.4. The number of nitrogens with two attached hydrogens (primary N) is 1. The fourth-order valence-corrected chi connectivity index (χ4v) is 2.79. The van der Waals surface area contributed by atoms with Crippen LogP contribution in [0.1, 0.15) is 32.8 Å². The lowest BCUT2D eigenvalue weighted by molar-refractivity contribution is -0.144. The molecule has 1 rings (SSSR count). The molecule has 11 nitrogen and oxygen atoms in total. The zero-order valence-corrected chi connectivity index (χ0v) is 18.2. The van der Waals surface area contributed by atoms with Crippen LogP contribution in [0.4, 0.5) is 0 Å². The van der Waals surface area contributed by atoms with E-state index in [-0.39, 0.29) is 6.42 Å². The zero-order valence-electron chi connectivity index (χ0n) is 18.2. The van der Waals surface area contributed by atoms with Gasteiger partial charge in [0.1, 0.15) is 18.1 Å². The molecule has 0 fully saturated rings. The Morgan fingerprint density at radius 3 is 1.97 bits per heavy atom. The van der Waals surface area contributed by atoms with Crippen molar-refractivity contribution in [3.63, 3.8) is 0 Å². The predicted molar refractivity (Wildman–Crippen MR) is 114 cm³/mol. The second-order valence-electron chi connectivity index (χ2n) is 7.75. The monoisotopic (exact) mass is 450 g/mol.